The van der Waals surface area contributed by atoms with Gasteiger partial charge in [0.05, 0.1) is 19.9 Å². The molecule has 0 heterocycles. The summed E-state index contributed by atoms with van der Waals surface area (Å²) in [6.45, 7) is 4.78. The van der Waals surface area contributed by atoms with Crippen molar-refractivity contribution in [2.75, 3.05) is 20.3 Å². The smallest absolute Gasteiger partial charge is 0.187 e. The molecule has 6 heteroatoms. The van der Waals surface area contributed by atoms with Crippen molar-refractivity contribution in [1.82, 2.24) is 10.7 Å². The summed E-state index contributed by atoms with van der Waals surface area (Å²) in [4.78, 5) is 0. The quantitative estimate of drug-likeness (QED) is 0.307. The Morgan fingerprint density at radius 3 is 2.73 bits per heavy atom. The summed E-state index contributed by atoms with van der Waals surface area (Å²) in [6.07, 6.45) is 4.23. The van der Waals surface area contributed by atoms with Crippen LogP contribution in [-0.4, -0.2) is 31.6 Å². The molecule has 0 saturated heterocycles. The van der Waals surface area contributed by atoms with Crippen molar-refractivity contribution in [2.24, 2.45) is 5.10 Å². The molecule has 0 aliphatic rings. The van der Waals surface area contributed by atoms with Crippen molar-refractivity contribution in [3.05, 3.63) is 72.3 Å². The van der Waals surface area contributed by atoms with Gasteiger partial charge in [-0.1, -0.05) is 36.4 Å². The molecular weight excluding hydrogens is 346 g/mol. The summed E-state index contributed by atoms with van der Waals surface area (Å²) < 4.78 is 11.3. The lowest BCUT2D eigenvalue weighted by Gasteiger charge is -2.11. The molecule has 0 fully saturated rings. The van der Waals surface area contributed by atoms with Crippen LogP contribution in [-0.2, 0) is 6.42 Å². The average Bonchev–Trinajstić information content (AvgIpc) is 2.68. The number of ether oxygens (including phenoxy) is 2. The molecule has 26 heavy (non-hydrogen) atoms. The minimum Gasteiger partial charge on any atom is -0.493 e. The van der Waals surface area contributed by atoms with Gasteiger partial charge < -0.3 is 14.8 Å². The molecule has 2 aromatic carbocycles. The number of benzene rings is 2. The van der Waals surface area contributed by atoms with Crippen molar-refractivity contribution < 1.29 is 9.47 Å². The summed E-state index contributed by atoms with van der Waals surface area (Å²) in [7, 11) is 1.62. The van der Waals surface area contributed by atoms with Gasteiger partial charge in [0.25, 0.3) is 0 Å². The lowest BCUT2D eigenvalue weighted by atomic mass is 10.2. The maximum atomic E-state index is 5.85. The zero-order chi connectivity index (χ0) is 18.6. The van der Waals surface area contributed by atoms with Crippen molar-refractivity contribution in [2.45, 2.75) is 6.42 Å². The highest BCUT2D eigenvalue weighted by atomic mass is 32.1. The summed E-state index contributed by atoms with van der Waals surface area (Å²) in [6, 6.07) is 15.9. The van der Waals surface area contributed by atoms with Crippen LogP contribution in [0.15, 0.2) is 66.3 Å². The molecule has 0 aliphatic carbocycles. The summed E-state index contributed by atoms with van der Waals surface area (Å²) in [5.74, 6) is 1.37. The molecule has 5 nitrogen and oxygen atoms in total. The molecule has 0 spiro atoms. The van der Waals surface area contributed by atoms with Crippen LogP contribution in [0.25, 0.3) is 0 Å². The highest BCUT2D eigenvalue weighted by molar-refractivity contribution is 7.80. The van der Waals surface area contributed by atoms with Gasteiger partial charge in [-0.05, 0) is 41.5 Å². The minimum atomic E-state index is 0.439. The second kappa shape index (κ2) is 10.9. The van der Waals surface area contributed by atoms with Crippen LogP contribution in [0.2, 0.25) is 0 Å². The lowest BCUT2D eigenvalue weighted by Crippen LogP contribution is -2.31. The fraction of sp³-hybridized carbons (Fsp3) is 0.200. The van der Waals surface area contributed by atoms with Crippen LogP contribution in [0.3, 0.4) is 0 Å². The van der Waals surface area contributed by atoms with E-state index in [-0.39, 0.29) is 0 Å². The summed E-state index contributed by atoms with van der Waals surface area (Å²) >= 11 is 5.06. The SMILES string of the molecule is C=CCNC(=S)NN=Cc1ccc(OCCc2ccccc2)c(OC)c1. The number of rotatable bonds is 9. The van der Waals surface area contributed by atoms with Gasteiger partial charge in [0.15, 0.2) is 16.6 Å². The Kier molecular flexibility index (Phi) is 8.15. The van der Waals surface area contributed by atoms with E-state index in [2.05, 4.69) is 34.6 Å². The second-order valence-electron chi connectivity index (χ2n) is 5.36. The molecule has 2 rings (SSSR count). The Bertz CT molecular complexity index is 748. The van der Waals surface area contributed by atoms with Gasteiger partial charge in [0.2, 0.25) is 0 Å². The van der Waals surface area contributed by atoms with Crippen molar-refractivity contribution in [3.8, 4) is 11.5 Å². The molecule has 0 atom stereocenters. The summed E-state index contributed by atoms with van der Waals surface area (Å²) in [5, 5.41) is 7.46. The molecule has 2 N–H and O–H groups in total. The normalized spacial score (nSPS) is 10.3. The van der Waals surface area contributed by atoms with E-state index in [1.54, 1.807) is 19.4 Å². The van der Waals surface area contributed by atoms with Crippen LogP contribution in [0, 0.1) is 0 Å². The van der Waals surface area contributed by atoms with Gasteiger partial charge in [-0.2, -0.15) is 5.10 Å². The van der Waals surface area contributed by atoms with E-state index in [0.29, 0.717) is 29.8 Å². The van der Waals surface area contributed by atoms with E-state index in [1.807, 2.05) is 36.4 Å². The zero-order valence-electron chi connectivity index (χ0n) is 14.8. The first-order chi connectivity index (χ1) is 12.7. The predicted octanol–water partition coefficient (Wildman–Crippen LogP) is 3.30. The number of hydrogen-bond acceptors (Lipinski definition) is 4. The van der Waals surface area contributed by atoms with Gasteiger partial charge in [0, 0.05) is 13.0 Å². The highest BCUT2D eigenvalue weighted by Gasteiger charge is 2.05. The topological polar surface area (TPSA) is 54.9 Å². The van der Waals surface area contributed by atoms with Gasteiger partial charge in [-0.25, -0.2) is 0 Å². The molecule has 0 bridgehead atoms. The van der Waals surface area contributed by atoms with Gasteiger partial charge in [-0.15, -0.1) is 6.58 Å². The third-order valence-corrected chi connectivity index (χ3v) is 3.70. The molecule has 136 valence electrons. The van der Waals surface area contributed by atoms with E-state index in [1.165, 1.54) is 5.56 Å². The van der Waals surface area contributed by atoms with E-state index < -0.39 is 0 Å². The van der Waals surface area contributed by atoms with E-state index in [4.69, 9.17) is 21.7 Å². The highest BCUT2D eigenvalue weighted by Crippen LogP contribution is 2.27. The standard InChI is InChI=1S/C20H23N3O2S/c1-3-12-21-20(26)23-22-15-17-9-10-18(19(14-17)24-2)25-13-11-16-7-5-4-6-8-16/h3-10,14-15H,1,11-13H2,2H3,(H2,21,23,26). The largest absolute Gasteiger partial charge is 0.493 e. The second-order valence-corrected chi connectivity index (χ2v) is 5.77. The van der Waals surface area contributed by atoms with Crippen LogP contribution in [0.5, 0.6) is 11.5 Å². The predicted molar refractivity (Wildman–Crippen MR) is 110 cm³/mol. The number of nitrogens with zero attached hydrogens (tertiary/aromatic N) is 1. The first-order valence-electron chi connectivity index (χ1n) is 8.25. The molecule has 0 amide bonds. The van der Waals surface area contributed by atoms with Crippen LogP contribution in [0.4, 0.5) is 0 Å². The molecule has 0 radical (unpaired) electrons. The van der Waals surface area contributed by atoms with Crippen LogP contribution in [0.1, 0.15) is 11.1 Å². The molecular formula is C20H23N3O2S. The number of nitrogens with one attached hydrogen (secondary N) is 2. The first-order valence-corrected chi connectivity index (χ1v) is 8.66. The molecule has 0 aliphatic heterocycles. The fourth-order valence-electron chi connectivity index (χ4n) is 2.18. The summed E-state index contributed by atoms with van der Waals surface area (Å²) in [5.41, 5.74) is 4.85. The van der Waals surface area contributed by atoms with Crippen LogP contribution < -0.4 is 20.2 Å². The lowest BCUT2D eigenvalue weighted by molar-refractivity contribution is 0.297. The average molecular weight is 369 g/mol. The minimum absolute atomic E-state index is 0.439. The molecule has 0 aromatic heterocycles. The third kappa shape index (κ3) is 6.57. The van der Waals surface area contributed by atoms with Gasteiger partial charge >= 0.3 is 0 Å². The van der Waals surface area contributed by atoms with E-state index in [9.17, 15) is 0 Å². The maximum Gasteiger partial charge on any atom is 0.187 e. The Hall–Kier alpha value is -2.86. The van der Waals surface area contributed by atoms with Crippen molar-refractivity contribution >= 4 is 23.5 Å². The number of hydrazone groups is 1. The Labute approximate surface area is 159 Å². The van der Waals surface area contributed by atoms with Crippen LogP contribution >= 0.6 is 12.2 Å². The monoisotopic (exact) mass is 369 g/mol. The Balaban J connectivity index is 1.89. The number of methoxy groups -OCH3 is 1. The first kappa shape index (κ1) is 19.5. The molecule has 0 saturated carbocycles. The Morgan fingerprint density at radius 1 is 1.19 bits per heavy atom. The number of thiocarbonyl (C=S) groups is 1. The van der Waals surface area contributed by atoms with Gasteiger partial charge in [-0.3, -0.25) is 5.43 Å². The van der Waals surface area contributed by atoms with Gasteiger partial charge in [0.1, 0.15) is 0 Å². The Morgan fingerprint density at radius 2 is 2.00 bits per heavy atom. The molecule has 2 aromatic rings. The number of hydrogen-bond donors (Lipinski definition) is 2. The fourth-order valence-corrected chi connectivity index (χ4v) is 2.31. The third-order valence-electron chi connectivity index (χ3n) is 3.47. The van der Waals surface area contributed by atoms with Crippen molar-refractivity contribution in [1.29, 1.82) is 0 Å². The van der Waals surface area contributed by atoms with Crippen molar-refractivity contribution in [3.63, 3.8) is 0 Å². The maximum absolute atomic E-state index is 5.85. The van der Waals surface area contributed by atoms with E-state index in [0.717, 1.165) is 12.0 Å². The molecule has 0 unspecified atom stereocenters. The zero-order valence-corrected chi connectivity index (χ0v) is 15.6. The van der Waals surface area contributed by atoms with E-state index >= 15 is 0 Å².